The minimum Gasteiger partial charge on any atom is -0.494 e. The standard InChI is InChI=1S/C17H16BrN3O3/c1-2-24-15-9-7-14(8-10-15)20-16(22)17(23)21-19-11-12-3-5-13(18)6-4-12/h3-11H,2H2,1H3,(H,20,22)(H,21,23). The summed E-state index contributed by atoms with van der Waals surface area (Å²) in [4.78, 5) is 23.5. The van der Waals surface area contributed by atoms with Gasteiger partial charge in [0.05, 0.1) is 12.8 Å². The number of nitrogens with one attached hydrogen (secondary N) is 2. The molecule has 0 aliphatic heterocycles. The molecule has 0 aromatic heterocycles. The fourth-order valence-electron chi connectivity index (χ4n) is 1.75. The van der Waals surface area contributed by atoms with E-state index in [2.05, 4.69) is 31.8 Å². The first-order valence-corrected chi connectivity index (χ1v) is 8.00. The summed E-state index contributed by atoms with van der Waals surface area (Å²) in [5, 5.41) is 6.23. The van der Waals surface area contributed by atoms with E-state index in [-0.39, 0.29) is 0 Å². The van der Waals surface area contributed by atoms with Crippen LogP contribution in [-0.2, 0) is 9.59 Å². The molecule has 0 radical (unpaired) electrons. The minimum absolute atomic E-state index is 0.496. The predicted octanol–water partition coefficient (Wildman–Crippen LogP) is 2.94. The second-order valence-electron chi connectivity index (χ2n) is 4.66. The molecule has 0 saturated heterocycles. The van der Waals surface area contributed by atoms with E-state index in [0.717, 1.165) is 10.0 Å². The molecule has 6 nitrogen and oxygen atoms in total. The zero-order valence-corrected chi connectivity index (χ0v) is 14.5. The lowest BCUT2D eigenvalue weighted by Gasteiger charge is -2.06. The third-order valence-corrected chi connectivity index (χ3v) is 3.41. The molecule has 2 aromatic rings. The van der Waals surface area contributed by atoms with Crippen molar-refractivity contribution in [2.45, 2.75) is 6.92 Å². The highest BCUT2D eigenvalue weighted by Crippen LogP contribution is 2.15. The van der Waals surface area contributed by atoms with Gasteiger partial charge in [0.15, 0.2) is 0 Å². The third-order valence-electron chi connectivity index (χ3n) is 2.88. The Hall–Kier alpha value is -2.67. The van der Waals surface area contributed by atoms with E-state index in [9.17, 15) is 9.59 Å². The van der Waals surface area contributed by atoms with Crippen LogP contribution in [0.1, 0.15) is 12.5 Å². The van der Waals surface area contributed by atoms with Crippen LogP contribution in [-0.4, -0.2) is 24.6 Å². The van der Waals surface area contributed by atoms with Crippen LogP contribution in [0.3, 0.4) is 0 Å². The molecule has 0 spiro atoms. The minimum atomic E-state index is -0.850. The van der Waals surface area contributed by atoms with E-state index in [4.69, 9.17) is 4.74 Å². The molecule has 2 aromatic carbocycles. The highest BCUT2D eigenvalue weighted by atomic mass is 79.9. The van der Waals surface area contributed by atoms with Crippen LogP contribution in [0, 0.1) is 0 Å². The molecule has 0 aliphatic carbocycles. The first-order valence-electron chi connectivity index (χ1n) is 7.21. The van der Waals surface area contributed by atoms with Gasteiger partial charge in [0.1, 0.15) is 5.75 Å². The van der Waals surface area contributed by atoms with Crippen molar-refractivity contribution >= 4 is 39.6 Å². The highest BCUT2D eigenvalue weighted by Gasteiger charge is 2.12. The summed E-state index contributed by atoms with van der Waals surface area (Å²) >= 11 is 3.33. The Morgan fingerprint density at radius 1 is 1.08 bits per heavy atom. The summed E-state index contributed by atoms with van der Waals surface area (Å²) in [5.74, 6) is -0.955. The number of hydrogen-bond donors (Lipinski definition) is 2. The summed E-state index contributed by atoms with van der Waals surface area (Å²) in [5.41, 5.74) is 3.47. The molecule has 2 rings (SSSR count). The Labute approximate surface area is 148 Å². The van der Waals surface area contributed by atoms with Crippen molar-refractivity contribution in [2.24, 2.45) is 5.10 Å². The largest absolute Gasteiger partial charge is 0.494 e. The lowest BCUT2D eigenvalue weighted by atomic mass is 10.2. The Balaban J connectivity index is 1.85. The first-order chi connectivity index (χ1) is 11.6. The third kappa shape index (κ3) is 5.51. The van der Waals surface area contributed by atoms with Gasteiger partial charge in [0.25, 0.3) is 0 Å². The van der Waals surface area contributed by atoms with E-state index in [1.807, 2.05) is 31.2 Å². The van der Waals surface area contributed by atoms with Gasteiger partial charge in [-0.2, -0.15) is 5.10 Å². The molecule has 2 amide bonds. The van der Waals surface area contributed by atoms with E-state index >= 15 is 0 Å². The van der Waals surface area contributed by atoms with E-state index in [1.54, 1.807) is 24.3 Å². The summed E-state index contributed by atoms with van der Waals surface area (Å²) in [6.07, 6.45) is 1.45. The van der Waals surface area contributed by atoms with Gasteiger partial charge in [-0.1, -0.05) is 28.1 Å². The van der Waals surface area contributed by atoms with Crippen molar-refractivity contribution in [3.8, 4) is 5.75 Å². The van der Waals surface area contributed by atoms with Crippen LogP contribution in [0.4, 0.5) is 5.69 Å². The van der Waals surface area contributed by atoms with Gasteiger partial charge in [0, 0.05) is 10.2 Å². The zero-order valence-electron chi connectivity index (χ0n) is 13.0. The number of rotatable bonds is 5. The summed E-state index contributed by atoms with van der Waals surface area (Å²) < 4.78 is 6.24. The average Bonchev–Trinajstić information content (AvgIpc) is 2.58. The van der Waals surface area contributed by atoms with Crippen molar-refractivity contribution in [1.82, 2.24) is 5.43 Å². The predicted molar refractivity (Wildman–Crippen MR) is 96.1 cm³/mol. The van der Waals surface area contributed by atoms with E-state index in [0.29, 0.717) is 18.0 Å². The number of hydrazone groups is 1. The van der Waals surface area contributed by atoms with E-state index < -0.39 is 11.8 Å². The van der Waals surface area contributed by atoms with Crippen molar-refractivity contribution in [3.63, 3.8) is 0 Å². The molecule has 0 heterocycles. The van der Waals surface area contributed by atoms with Crippen LogP contribution in [0.5, 0.6) is 5.75 Å². The van der Waals surface area contributed by atoms with Gasteiger partial charge >= 0.3 is 11.8 Å². The molecule has 0 atom stereocenters. The van der Waals surface area contributed by atoms with Gasteiger partial charge in [0.2, 0.25) is 0 Å². The van der Waals surface area contributed by atoms with Crippen LogP contribution in [0.25, 0.3) is 0 Å². The Morgan fingerprint density at radius 2 is 1.75 bits per heavy atom. The Bertz CT molecular complexity index is 728. The average molecular weight is 390 g/mol. The smallest absolute Gasteiger partial charge is 0.329 e. The molecule has 124 valence electrons. The monoisotopic (exact) mass is 389 g/mol. The number of hydrogen-bond acceptors (Lipinski definition) is 4. The SMILES string of the molecule is CCOc1ccc(NC(=O)C(=O)NN=Cc2ccc(Br)cc2)cc1. The first kappa shape index (κ1) is 17.7. The van der Waals surface area contributed by atoms with Gasteiger partial charge < -0.3 is 10.1 Å². The number of halogens is 1. The number of ether oxygens (including phenoxy) is 1. The molecule has 7 heteroatoms. The molecular weight excluding hydrogens is 374 g/mol. The maximum Gasteiger partial charge on any atom is 0.329 e. The molecule has 2 N–H and O–H groups in total. The summed E-state index contributed by atoms with van der Waals surface area (Å²) in [6, 6.07) is 14.1. The number of carbonyl (C=O) groups excluding carboxylic acids is 2. The number of nitrogens with zero attached hydrogens (tertiary/aromatic N) is 1. The van der Waals surface area contributed by atoms with Crippen molar-refractivity contribution in [1.29, 1.82) is 0 Å². The van der Waals surface area contributed by atoms with Gasteiger partial charge in [-0.15, -0.1) is 0 Å². The quantitative estimate of drug-likeness (QED) is 0.468. The normalized spacial score (nSPS) is 10.4. The zero-order chi connectivity index (χ0) is 17.4. The van der Waals surface area contributed by atoms with Crippen LogP contribution in [0.2, 0.25) is 0 Å². The van der Waals surface area contributed by atoms with Crippen LogP contribution < -0.4 is 15.5 Å². The molecule has 0 bridgehead atoms. The van der Waals surface area contributed by atoms with Crippen LogP contribution in [0.15, 0.2) is 58.1 Å². The molecule has 0 saturated carbocycles. The van der Waals surface area contributed by atoms with Crippen molar-refractivity contribution in [3.05, 3.63) is 58.6 Å². The second-order valence-corrected chi connectivity index (χ2v) is 5.58. The number of anilines is 1. The van der Waals surface area contributed by atoms with Crippen molar-refractivity contribution < 1.29 is 14.3 Å². The van der Waals surface area contributed by atoms with E-state index in [1.165, 1.54) is 6.21 Å². The van der Waals surface area contributed by atoms with Crippen molar-refractivity contribution in [2.75, 3.05) is 11.9 Å². The number of benzene rings is 2. The maximum atomic E-state index is 11.8. The molecule has 0 aliphatic rings. The number of amides is 2. The van der Waals surface area contributed by atoms with Gasteiger partial charge in [-0.05, 0) is 48.9 Å². The topological polar surface area (TPSA) is 79.8 Å². The molecule has 24 heavy (non-hydrogen) atoms. The van der Waals surface area contributed by atoms with Gasteiger partial charge in [-0.3, -0.25) is 9.59 Å². The Morgan fingerprint density at radius 3 is 2.38 bits per heavy atom. The molecule has 0 unspecified atom stereocenters. The lowest BCUT2D eigenvalue weighted by molar-refractivity contribution is -0.136. The lowest BCUT2D eigenvalue weighted by Crippen LogP contribution is -2.32. The van der Waals surface area contributed by atoms with Crippen LogP contribution >= 0.6 is 15.9 Å². The highest BCUT2D eigenvalue weighted by molar-refractivity contribution is 9.10. The summed E-state index contributed by atoms with van der Waals surface area (Å²) in [6.45, 7) is 2.44. The maximum absolute atomic E-state index is 11.8. The summed E-state index contributed by atoms with van der Waals surface area (Å²) in [7, 11) is 0. The second kappa shape index (κ2) is 8.83. The van der Waals surface area contributed by atoms with Gasteiger partial charge in [-0.25, -0.2) is 5.43 Å². The Kier molecular flexibility index (Phi) is 6.51. The fourth-order valence-corrected chi connectivity index (χ4v) is 2.02. The number of carbonyl (C=O) groups is 2. The molecule has 0 fully saturated rings. The molecular formula is C17H16BrN3O3. The fraction of sp³-hybridized carbons (Fsp3) is 0.118.